The van der Waals surface area contributed by atoms with E-state index in [1.54, 1.807) is 36.4 Å². The van der Waals surface area contributed by atoms with Crippen molar-refractivity contribution in [1.29, 1.82) is 0 Å². The molecular weight excluding hydrogens is 981 g/mol. The second-order valence-corrected chi connectivity index (χ2v) is 24.3. The molecule has 0 radical (unpaired) electrons. The number of amides is 2. The molecule has 2 aliphatic carbocycles. The summed E-state index contributed by atoms with van der Waals surface area (Å²) in [4.78, 5) is 39.1. The van der Waals surface area contributed by atoms with Gasteiger partial charge in [-0.25, -0.2) is 16.8 Å². The van der Waals surface area contributed by atoms with Gasteiger partial charge in [-0.1, -0.05) is 85.0 Å². The molecule has 0 bridgehead atoms. The molecule has 7 unspecified atom stereocenters. The molecule has 398 valence electrons. The quantitative estimate of drug-likeness (QED) is 0.0630. The minimum Gasteiger partial charge on any atom is -0.393 e. The fraction of sp³-hybridized carbons (Fsp3) is 0.446. The first-order valence-electron chi connectivity index (χ1n) is 25.5. The smallest absolute Gasteiger partial charge is 0.251 e. The summed E-state index contributed by atoms with van der Waals surface area (Å²) in [5.41, 5.74) is 4.74. The van der Waals surface area contributed by atoms with Gasteiger partial charge in [-0.2, -0.15) is 0 Å². The molecule has 16 nitrogen and oxygen atoms in total. The Hall–Kier alpha value is -5.73. The molecule has 4 aliphatic rings. The van der Waals surface area contributed by atoms with Gasteiger partial charge in [-0.3, -0.25) is 23.0 Å². The van der Waals surface area contributed by atoms with Crippen molar-refractivity contribution in [3.8, 4) is 0 Å². The average molecular weight is 1050 g/mol. The van der Waals surface area contributed by atoms with E-state index in [0.717, 1.165) is 69.1 Å². The predicted octanol–water partition coefficient (Wildman–Crippen LogP) is 4.85. The van der Waals surface area contributed by atoms with Crippen LogP contribution in [-0.4, -0.2) is 132 Å². The maximum atomic E-state index is 13.5. The van der Waals surface area contributed by atoms with Crippen molar-refractivity contribution in [2.45, 2.75) is 107 Å². The number of allylic oxidation sites excluding steroid dienone is 2. The molecule has 4 fully saturated rings. The lowest BCUT2D eigenvalue weighted by molar-refractivity contribution is -0.121. The van der Waals surface area contributed by atoms with Gasteiger partial charge in [0.1, 0.15) is 5.78 Å². The molecule has 2 amide bonds. The van der Waals surface area contributed by atoms with Gasteiger partial charge in [0.2, 0.25) is 20.0 Å². The van der Waals surface area contributed by atoms with Crippen molar-refractivity contribution in [1.82, 2.24) is 21.3 Å². The van der Waals surface area contributed by atoms with Crippen LogP contribution in [0.2, 0.25) is 0 Å². The van der Waals surface area contributed by atoms with Gasteiger partial charge >= 0.3 is 0 Å². The molecule has 0 spiro atoms. The van der Waals surface area contributed by atoms with E-state index in [4.69, 9.17) is 0 Å². The van der Waals surface area contributed by atoms with Crippen LogP contribution in [0, 0.1) is 11.8 Å². The Morgan fingerprint density at radius 2 is 1.08 bits per heavy atom. The number of anilines is 2. The number of benzene rings is 4. The van der Waals surface area contributed by atoms with E-state index in [1.165, 1.54) is 14.1 Å². The van der Waals surface area contributed by atoms with Gasteiger partial charge < -0.3 is 36.6 Å². The van der Waals surface area contributed by atoms with Gasteiger partial charge in [0, 0.05) is 56.7 Å². The first kappa shape index (κ1) is 56.0. The maximum absolute atomic E-state index is 13.5. The Morgan fingerprint density at radius 3 is 1.49 bits per heavy atom. The van der Waals surface area contributed by atoms with Gasteiger partial charge in [-0.15, -0.1) is 0 Å². The topological polar surface area (TPSA) is 235 Å². The third-order valence-electron chi connectivity index (χ3n) is 14.0. The fourth-order valence-electron chi connectivity index (χ4n) is 9.10. The number of piperidine rings is 2. The number of nitrogens with one attached hydrogen (secondary N) is 4. The lowest BCUT2D eigenvalue weighted by atomic mass is 9.90. The van der Waals surface area contributed by atoms with Crippen LogP contribution in [0.3, 0.4) is 0 Å². The minimum atomic E-state index is -3.53. The lowest BCUT2D eigenvalue weighted by Crippen LogP contribution is -2.56. The van der Waals surface area contributed by atoms with Gasteiger partial charge in [-0.05, 0) is 128 Å². The standard InChI is InChI=1S/C28H37N3O5S.C28H35N3O5S/c2*1-31(37(2,35)36)23-15-21(11-10-19-8-9-19)14-22(17-23)28(34)30-26(16-20-6-4-3-5-7-20)27(33)25-18-24(32)12-13-29-25/h3-7,10-11,14-15,17,19,24-27,29,32-33H,8-9,12-13,16,18H2,1-2H3,(H,30,34);3-7,10-11,14-15,17,19,25-27,29,33H,8-9,12-13,16,18H2,1-2H3,(H,30,34)/b2*11-10-. The summed E-state index contributed by atoms with van der Waals surface area (Å²) in [6.07, 6.45) is 14.8. The lowest BCUT2D eigenvalue weighted by Gasteiger charge is -2.35. The summed E-state index contributed by atoms with van der Waals surface area (Å²) in [5, 5.41) is 45.1. The number of hydrogen-bond acceptors (Lipinski definition) is 12. The SMILES string of the molecule is CN(c1cc(/C=C\C2CC2)cc(C(=O)NC(Cc2ccccc2)C(O)C2CC(=O)CCN2)c1)S(C)(=O)=O.CN(c1cc(/C=C\C2CC2)cc(C(=O)NC(Cc2ccccc2)C(O)C2CC(O)CCN2)c1)S(C)(=O)=O. The molecule has 2 saturated heterocycles. The molecule has 7 N–H and O–H groups in total. The fourth-order valence-corrected chi connectivity index (χ4v) is 10.1. The first-order chi connectivity index (χ1) is 35.2. The number of carbonyl (C=O) groups excluding carboxylic acids is 3. The summed E-state index contributed by atoms with van der Waals surface area (Å²) in [6, 6.07) is 27.1. The number of rotatable bonds is 20. The van der Waals surface area contributed by atoms with E-state index in [0.29, 0.717) is 79.5 Å². The van der Waals surface area contributed by atoms with E-state index in [9.17, 15) is 46.5 Å². The van der Waals surface area contributed by atoms with E-state index in [1.807, 2.05) is 72.8 Å². The third-order valence-corrected chi connectivity index (χ3v) is 16.5. The van der Waals surface area contributed by atoms with Crippen molar-refractivity contribution in [3.05, 3.63) is 143 Å². The number of aliphatic hydroxyl groups excluding tert-OH is 3. The monoisotopic (exact) mass is 1050 g/mol. The van der Waals surface area contributed by atoms with Crippen molar-refractivity contribution in [2.24, 2.45) is 11.8 Å². The highest BCUT2D eigenvalue weighted by Gasteiger charge is 2.35. The van der Waals surface area contributed by atoms with Crippen LogP contribution < -0.4 is 29.9 Å². The highest BCUT2D eigenvalue weighted by molar-refractivity contribution is 7.92. The second kappa shape index (κ2) is 25.2. The highest BCUT2D eigenvalue weighted by atomic mass is 32.2. The van der Waals surface area contributed by atoms with Gasteiger partial charge in [0.15, 0.2) is 0 Å². The van der Waals surface area contributed by atoms with Crippen LogP contribution in [0.15, 0.2) is 109 Å². The minimum absolute atomic E-state index is 0.0798. The zero-order chi connectivity index (χ0) is 53.2. The van der Waals surface area contributed by atoms with E-state index >= 15 is 0 Å². The van der Waals surface area contributed by atoms with Crippen LogP contribution in [0.25, 0.3) is 12.2 Å². The molecule has 2 aliphatic heterocycles. The zero-order valence-corrected chi connectivity index (χ0v) is 44.3. The number of nitrogens with zero attached hydrogens (tertiary/aromatic N) is 2. The molecule has 4 aromatic rings. The third kappa shape index (κ3) is 16.6. The number of aliphatic hydroxyl groups is 3. The number of sulfonamides is 2. The molecule has 0 aromatic heterocycles. The molecule has 2 saturated carbocycles. The molecule has 8 rings (SSSR count). The molecule has 18 heteroatoms. The summed E-state index contributed by atoms with van der Waals surface area (Å²) >= 11 is 0. The number of carbonyl (C=O) groups is 3. The molecular formula is C56H72N6O10S2. The number of ketones is 1. The van der Waals surface area contributed by atoms with Crippen molar-refractivity contribution in [3.63, 3.8) is 0 Å². The van der Waals surface area contributed by atoms with Gasteiger partial charge in [0.25, 0.3) is 11.8 Å². The van der Waals surface area contributed by atoms with E-state index in [2.05, 4.69) is 33.4 Å². The van der Waals surface area contributed by atoms with Crippen LogP contribution in [0.5, 0.6) is 0 Å². The first-order valence-corrected chi connectivity index (χ1v) is 29.2. The summed E-state index contributed by atoms with van der Waals surface area (Å²) in [6.45, 7) is 1.08. The normalized spacial score (nSPS) is 21.0. The predicted molar refractivity (Wildman–Crippen MR) is 291 cm³/mol. The second-order valence-electron chi connectivity index (χ2n) is 20.3. The van der Waals surface area contributed by atoms with Crippen molar-refractivity contribution < 1.29 is 46.5 Å². The summed E-state index contributed by atoms with van der Waals surface area (Å²) in [7, 11) is -4.15. The van der Waals surface area contributed by atoms with Crippen molar-refractivity contribution in [2.75, 3.05) is 48.3 Å². The Labute approximate surface area is 436 Å². The van der Waals surface area contributed by atoms with Crippen LogP contribution >= 0.6 is 0 Å². The summed E-state index contributed by atoms with van der Waals surface area (Å²) < 4.78 is 51.2. The molecule has 2 heterocycles. The zero-order valence-electron chi connectivity index (χ0n) is 42.6. The molecule has 7 atom stereocenters. The van der Waals surface area contributed by atoms with Crippen LogP contribution in [-0.2, 0) is 37.7 Å². The van der Waals surface area contributed by atoms with Crippen LogP contribution in [0.1, 0.15) is 94.3 Å². The molecule has 4 aromatic carbocycles. The maximum Gasteiger partial charge on any atom is 0.251 e. The Bertz CT molecular complexity index is 2860. The van der Waals surface area contributed by atoms with E-state index < -0.39 is 68.3 Å². The largest absolute Gasteiger partial charge is 0.393 e. The number of Topliss-reactive ketones (excluding diaryl/α,β-unsaturated/α-hetero) is 1. The van der Waals surface area contributed by atoms with Crippen molar-refractivity contribution >= 4 is 61.2 Å². The molecule has 74 heavy (non-hydrogen) atoms. The van der Waals surface area contributed by atoms with Gasteiger partial charge in [0.05, 0.1) is 54.3 Å². The summed E-state index contributed by atoms with van der Waals surface area (Å²) in [5.74, 6) is 0.297. The Morgan fingerprint density at radius 1 is 0.649 bits per heavy atom. The Kier molecular flexibility index (Phi) is 19.1. The highest BCUT2D eigenvalue weighted by Crippen LogP contribution is 2.33. The number of hydrogen-bond donors (Lipinski definition) is 7. The van der Waals surface area contributed by atoms with E-state index in [-0.39, 0.29) is 18.2 Å². The Balaban J connectivity index is 0.000000216. The van der Waals surface area contributed by atoms with Crippen LogP contribution in [0.4, 0.5) is 11.4 Å². The average Bonchev–Trinajstić information content (AvgIpc) is 4.33.